The number of nitrogens with one attached hydrogen (secondary N) is 1. The third-order valence-electron chi connectivity index (χ3n) is 5.05. The van der Waals surface area contributed by atoms with Gasteiger partial charge in [0, 0.05) is 23.2 Å². The minimum absolute atomic E-state index is 0.0844. The van der Waals surface area contributed by atoms with E-state index in [1.54, 1.807) is 23.5 Å². The Morgan fingerprint density at radius 1 is 0.971 bits per heavy atom. The quantitative estimate of drug-likeness (QED) is 0.266. The molecule has 0 saturated heterocycles. The minimum Gasteiger partial charge on any atom is -0.456 e. The summed E-state index contributed by atoms with van der Waals surface area (Å²) in [6, 6.07) is 18.5. The predicted molar refractivity (Wildman–Crippen MR) is 129 cm³/mol. The molecule has 4 rings (SSSR count). The van der Waals surface area contributed by atoms with E-state index >= 15 is 0 Å². The van der Waals surface area contributed by atoms with Crippen LogP contribution in [-0.2, 0) is 14.3 Å². The number of ether oxygens (including phenoxy) is 1. The molecule has 0 spiro atoms. The zero-order valence-electron chi connectivity index (χ0n) is 18.3. The number of hydrogen-bond acceptors (Lipinski definition) is 6. The fourth-order valence-corrected chi connectivity index (χ4v) is 4.33. The van der Waals surface area contributed by atoms with Gasteiger partial charge >= 0.3 is 5.97 Å². The number of Topliss-reactive ketones (excluding diaryl/α,β-unsaturated/α-hetero) is 1. The van der Waals surface area contributed by atoms with Crippen LogP contribution in [0.3, 0.4) is 0 Å². The molecule has 0 aliphatic rings. The summed E-state index contributed by atoms with van der Waals surface area (Å²) >= 11 is 1.60. The SMILES string of the molecule is Cc1ccc2nc(-c3ccc(NC(=O)COC(=O)CCC(=O)c4ccc(F)cc4)cc3)sc2c1. The van der Waals surface area contributed by atoms with Crippen LogP contribution in [0.15, 0.2) is 66.7 Å². The summed E-state index contributed by atoms with van der Waals surface area (Å²) in [5, 5.41) is 3.56. The second-order valence-electron chi connectivity index (χ2n) is 7.71. The fraction of sp³-hybridized carbons (Fsp3) is 0.154. The van der Waals surface area contributed by atoms with Crippen LogP contribution in [0.25, 0.3) is 20.8 Å². The molecular weight excluding hydrogens is 455 g/mol. The van der Waals surface area contributed by atoms with Gasteiger partial charge < -0.3 is 10.1 Å². The number of aromatic nitrogens is 1. The lowest BCUT2D eigenvalue weighted by Crippen LogP contribution is -2.21. The molecule has 8 heteroatoms. The summed E-state index contributed by atoms with van der Waals surface area (Å²) < 4.78 is 19.0. The first-order valence-electron chi connectivity index (χ1n) is 10.6. The number of thiazole rings is 1. The number of aryl methyl sites for hydroxylation is 1. The van der Waals surface area contributed by atoms with Crippen LogP contribution in [0, 0.1) is 12.7 Å². The molecule has 1 heterocycles. The van der Waals surface area contributed by atoms with Crippen LogP contribution >= 0.6 is 11.3 Å². The molecule has 0 unspecified atom stereocenters. The Hall–Kier alpha value is -3.91. The van der Waals surface area contributed by atoms with Crippen molar-refractivity contribution in [1.29, 1.82) is 0 Å². The number of esters is 1. The van der Waals surface area contributed by atoms with E-state index in [9.17, 15) is 18.8 Å². The van der Waals surface area contributed by atoms with E-state index in [0.717, 1.165) is 20.8 Å². The third kappa shape index (κ3) is 5.90. The van der Waals surface area contributed by atoms with Crippen LogP contribution in [0.4, 0.5) is 10.1 Å². The van der Waals surface area contributed by atoms with Gasteiger partial charge in [0.2, 0.25) is 0 Å². The number of amides is 1. The largest absolute Gasteiger partial charge is 0.456 e. The monoisotopic (exact) mass is 476 g/mol. The van der Waals surface area contributed by atoms with Gasteiger partial charge in [-0.25, -0.2) is 9.37 Å². The maximum absolute atomic E-state index is 12.9. The lowest BCUT2D eigenvalue weighted by Gasteiger charge is -2.07. The molecule has 0 saturated carbocycles. The smallest absolute Gasteiger partial charge is 0.306 e. The molecule has 172 valence electrons. The van der Waals surface area contributed by atoms with Gasteiger partial charge in [-0.3, -0.25) is 14.4 Å². The predicted octanol–water partition coefficient (Wildman–Crippen LogP) is 5.56. The van der Waals surface area contributed by atoms with Crippen molar-refractivity contribution >= 4 is 44.9 Å². The Labute approximate surface area is 199 Å². The van der Waals surface area contributed by atoms with Crippen LogP contribution in [0.5, 0.6) is 0 Å². The van der Waals surface area contributed by atoms with E-state index in [4.69, 9.17) is 4.74 Å². The second-order valence-corrected chi connectivity index (χ2v) is 8.74. The van der Waals surface area contributed by atoms with Crippen molar-refractivity contribution in [3.8, 4) is 10.6 Å². The summed E-state index contributed by atoms with van der Waals surface area (Å²) in [4.78, 5) is 40.6. The van der Waals surface area contributed by atoms with E-state index in [0.29, 0.717) is 11.3 Å². The highest BCUT2D eigenvalue weighted by Crippen LogP contribution is 2.31. The summed E-state index contributed by atoms with van der Waals surface area (Å²) in [5.74, 6) is -1.89. The molecule has 0 bridgehead atoms. The minimum atomic E-state index is -0.660. The first kappa shape index (κ1) is 23.3. The van der Waals surface area contributed by atoms with Crippen molar-refractivity contribution in [3.05, 3.63) is 83.7 Å². The number of benzene rings is 3. The summed E-state index contributed by atoms with van der Waals surface area (Å²) in [6.45, 7) is 1.59. The second kappa shape index (κ2) is 10.4. The zero-order valence-corrected chi connectivity index (χ0v) is 19.2. The Balaban J connectivity index is 1.24. The molecule has 1 aromatic heterocycles. The standard InChI is InChI=1S/C26H21FN2O4S/c1-16-2-11-21-23(14-16)34-26(29-21)18-5-9-20(10-6-18)28-24(31)15-33-25(32)13-12-22(30)17-3-7-19(27)8-4-17/h2-11,14H,12-13,15H2,1H3,(H,28,31). The maximum Gasteiger partial charge on any atom is 0.306 e. The number of ketones is 1. The summed E-state index contributed by atoms with van der Waals surface area (Å²) in [5.41, 5.74) is 3.95. The van der Waals surface area contributed by atoms with Gasteiger partial charge in [0.15, 0.2) is 12.4 Å². The van der Waals surface area contributed by atoms with Crippen LogP contribution < -0.4 is 5.32 Å². The topological polar surface area (TPSA) is 85.4 Å². The van der Waals surface area contributed by atoms with Crippen LogP contribution in [-0.4, -0.2) is 29.3 Å². The molecule has 6 nitrogen and oxygen atoms in total. The number of carbonyl (C=O) groups is 3. The molecule has 34 heavy (non-hydrogen) atoms. The zero-order chi connectivity index (χ0) is 24.1. The summed E-state index contributed by atoms with van der Waals surface area (Å²) in [6.07, 6.45) is -0.251. The molecule has 0 atom stereocenters. The average Bonchev–Trinajstić information content (AvgIpc) is 3.25. The van der Waals surface area contributed by atoms with E-state index in [-0.39, 0.29) is 18.6 Å². The van der Waals surface area contributed by atoms with E-state index in [2.05, 4.69) is 16.4 Å². The molecular formula is C26H21FN2O4S. The molecule has 1 N–H and O–H groups in total. The van der Waals surface area contributed by atoms with Crippen molar-refractivity contribution < 1.29 is 23.5 Å². The molecule has 3 aromatic carbocycles. The third-order valence-corrected chi connectivity index (χ3v) is 6.11. The van der Waals surface area contributed by atoms with Gasteiger partial charge in [-0.05, 0) is 73.2 Å². The highest BCUT2D eigenvalue weighted by Gasteiger charge is 2.13. The maximum atomic E-state index is 12.9. The lowest BCUT2D eigenvalue weighted by molar-refractivity contribution is -0.147. The first-order valence-corrected chi connectivity index (χ1v) is 11.4. The Kier molecular flexibility index (Phi) is 7.08. The van der Waals surface area contributed by atoms with Gasteiger partial charge in [-0.1, -0.05) is 6.07 Å². The van der Waals surface area contributed by atoms with E-state index in [1.165, 1.54) is 29.8 Å². The van der Waals surface area contributed by atoms with Crippen molar-refractivity contribution in [2.24, 2.45) is 0 Å². The van der Waals surface area contributed by atoms with E-state index < -0.39 is 24.3 Å². The Morgan fingerprint density at radius 3 is 2.44 bits per heavy atom. The molecule has 4 aromatic rings. The van der Waals surface area contributed by atoms with Gasteiger partial charge in [0.05, 0.1) is 16.6 Å². The van der Waals surface area contributed by atoms with Crippen molar-refractivity contribution in [2.45, 2.75) is 19.8 Å². The number of nitrogens with zero attached hydrogens (tertiary/aromatic N) is 1. The lowest BCUT2D eigenvalue weighted by atomic mass is 10.1. The first-order chi connectivity index (χ1) is 16.4. The molecule has 0 fully saturated rings. The number of carbonyl (C=O) groups excluding carboxylic acids is 3. The van der Waals surface area contributed by atoms with Gasteiger partial charge in [-0.15, -0.1) is 11.3 Å². The molecule has 0 aliphatic heterocycles. The highest BCUT2D eigenvalue weighted by molar-refractivity contribution is 7.21. The highest BCUT2D eigenvalue weighted by atomic mass is 32.1. The van der Waals surface area contributed by atoms with Crippen LogP contribution in [0.1, 0.15) is 28.8 Å². The normalized spacial score (nSPS) is 10.8. The number of rotatable bonds is 8. The van der Waals surface area contributed by atoms with Gasteiger partial charge in [0.25, 0.3) is 5.91 Å². The molecule has 1 amide bonds. The molecule has 0 aliphatic carbocycles. The van der Waals surface area contributed by atoms with E-state index in [1.807, 2.05) is 31.2 Å². The van der Waals surface area contributed by atoms with Crippen molar-refractivity contribution in [3.63, 3.8) is 0 Å². The molecule has 0 radical (unpaired) electrons. The van der Waals surface area contributed by atoms with Crippen molar-refractivity contribution in [2.75, 3.05) is 11.9 Å². The van der Waals surface area contributed by atoms with Gasteiger partial charge in [-0.2, -0.15) is 0 Å². The number of hydrogen-bond donors (Lipinski definition) is 1. The Morgan fingerprint density at radius 2 is 1.71 bits per heavy atom. The number of halogens is 1. The fourth-order valence-electron chi connectivity index (χ4n) is 3.26. The number of fused-ring (bicyclic) bond motifs is 1. The Bertz CT molecular complexity index is 1350. The van der Waals surface area contributed by atoms with Crippen molar-refractivity contribution in [1.82, 2.24) is 4.98 Å². The average molecular weight is 477 g/mol. The number of anilines is 1. The van der Waals surface area contributed by atoms with Gasteiger partial charge in [0.1, 0.15) is 10.8 Å². The summed E-state index contributed by atoms with van der Waals surface area (Å²) in [7, 11) is 0. The van der Waals surface area contributed by atoms with Crippen LogP contribution in [0.2, 0.25) is 0 Å².